The molecule has 0 radical (unpaired) electrons. The van der Waals surface area contributed by atoms with Crippen LogP contribution in [0.3, 0.4) is 0 Å². The Labute approximate surface area is 132 Å². The molecule has 6 heteroatoms. The SMILES string of the molecule is COCCNC(N)=NCC(C)(C)c1ccc(OC)c(OC)c1. The van der Waals surface area contributed by atoms with Crippen LogP contribution in [0.15, 0.2) is 23.2 Å². The van der Waals surface area contributed by atoms with Crippen molar-refractivity contribution in [2.75, 3.05) is 41.0 Å². The van der Waals surface area contributed by atoms with Crippen molar-refractivity contribution < 1.29 is 14.2 Å². The van der Waals surface area contributed by atoms with Crippen LogP contribution in [0.1, 0.15) is 19.4 Å². The first kappa shape index (κ1) is 18.1. The third-order valence-electron chi connectivity index (χ3n) is 3.42. The summed E-state index contributed by atoms with van der Waals surface area (Å²) in [5.74, 6) is 1.85. The van der Waals surface area contributed by atoms with Crippen molar-refractivity contribution in [3.05, 3.63) is 23.8 Å². The van der Waals surface area contributed by atoms with Gasteiger partial charge in [-0.2, -0.15) is 0 Å². The fourth-order valence-corrected chi connectivity index (χ4v) is 1.97. The van der Waals surface area contributed by atoms with Gasteiger partial charge in [-0.1, -0.05) is 19.9 Å². The van der Waals surface area contributed by atoms with Gasteiger partial charge in [-0.15, -0.1) is 0 Å². The summed E-state index contributed by atoms with van der Waals surface area (Å²) < 4.78 is 15.6. The molecule has 0 amide bonds. The van der Waals surface area contributed by atoms with Crippen molar-refractivity contribution in [3.63, 3.8) is 0 Å². The molecule has 0 atom stereocenters. The molecule has 0 aliphatic heterocycles. The minimum atomic E-state index is -0.174. The monoisotopic (exact) mass is 309 g/mol. The average Bonchev–Trinajstić information content (AvgIpc) is 2.52. The Bertz CT molecular complexity index is 501. The molecule has 0 unspecified atom stereocenters. The molecule has 1 rings (SSSR count). The van der Waals surface area contributed by atoms with Gasteiger partial charge in [0.2, 0.25) is 0 Å². The second-order valence-corrected chi connectivity index (χ2v) is 5.57. The quantitative estimate of drug-likeness (QED) is 0.432. The second kappa shape index (κ2) is 8.48. The number of ether oxygens (including phenoxy) is 3. The third-order valence-corrected chi connectivity index (χ3v) is 3.42. The van der Waals surface area contributed by atoms with E-state index in [-0.39, 0.29) is 5.41 Å². The molecule has 0 aliphatic rings. The van der Waals surface area contributed by atoms with Crippen molar-refractivity contribution >= 4 is 5.96 Å². The Morgan fingerprint density at radius 1 is 1.18 bits per heavy atom. The van der Waals surface area contributed by atoms with E-state index in [1.165, 1.54) is 0 Å². The Hall–Kier alpha value is -1.95. The van der Waals surface area contributed by atoms with Gasteiger partial charge >= 0.3 is 0 Å². The molecular weight excluding hydrogens is 282 g/mol. The van der Waals surface area contributed by atoms with Crippen LogP contribution in [0.2, 0.25) is 0 Å². The van der Waals surface area contributed by atoms with Gasteiger partial charge in [0.25, 0.3) is 0 Å². The van der Waals surface area contributed by atoms with E-state index < -0.39 is 0 Å². The number of hydrogen-bond acceptors (Lipinski definition) is 4. The van der Waals surface area contributed by atoms with Gasteiger partial charge < -0.3 is 25.3 Å². The minimum Gasteiger partial charge on any atom is -0.493 e. The molecule has 0 saturated heterocycles. The summed E-state index contributed by atoms with van der Waals surface area (Å²) >= 11 is 0. The van der Waals surface area contributed by atoms with Gasteiger partial charge in [0.15, 0.2) is 17.5 Å². The third kappa shape index (κ3) is 5.11. The molecule has 0 spiro atoms. The zero-order chi connectivity index (χ0) is 16.6. The Morgan fingerprint density at radius 2 is 1.86 bits per heavy atom. The van der Waals surface area contributed by atoms with Crippen molar-refractivity contribution in [1.82, 2.24) is 5.32 Å². The summed E-state index contributed by atoms with van der Waals surface area (Å²) in [5.41, 5.74) is 6.78. The highest BCUT2D eigenvalue weighted by Crippen LogP contribution is 2.33. The van der Waals surface area contributed by atoms with E-state index in [1.54, 1.807) is 21.3 Å². The molecule has 124 valence electrons. The fourth-order valence-electron chi connectivity index (χ4n) is 1.97. The predicted octanol–water partition coefficient (Wildman–Crippen LogP) is 1.53. The Balaban J connectivity index is 2.79. The van der Waals surface area contributed by atoms with E-state index >= 15 is 0 Å². The maximum Gasteiger partial charge on any atom is 0.188 e. The number of hydrogen-bond donors (Lipinski definition) is 2. The van der Waals surface area contributed by atoms with Gasteiger partial charge in [0, 0.05) is 19.1 Å². The molecule has 1 aromatic carbocycles. The summed E-state index contributed by atoms with van der Waals surface area (Å²) in [6.45, 7) is 6.02. The van der Waals surface area contributed by atoms with Gasteiger partial charge in [-0.25, -0.2) is 0 Å². The summed E-state index contributed by atoms with van der Waals surface area (Å²) in [4.78, 5) is 4.40. The minimum absolute atomic E-state index is 0.174. The molecular formula is C16H27N3O3. The van der Waals surface area contributed by atoms with E-state index in [0.29, 0.717) is 37.2 Å². The summed E-state index contributed by atoms with van der Waals surface area (Å²) in [5, 5.41) is 3.01. The topological polar surface area (TPSA) is 78.1 Å². The highest BCUT2D eigenvalue weighted by Gasteiger charge is 2.22. The molecule has 1 aromatic rings. The summed E-state index contributed by atoms with van der Waals surface area (Å²) in [6, 6.07) is 5.90. The highest BCUT2D eigenvalue weighted by atomic mass is 16.5. The number of aliphatic imine (C=N–C) groups is 1. The van der Waals surface area contributed by atoms with Crippen LogP contribution in [0.5, 0.6) is 11.5 Å². The van der Waals surface area contributed by atoms with E-state index in [4.69, 9.17) is 19.9 Å². The lowest BCUT2D eigenvalue weighted by Gasteiger charge is -2.24. The summed E-state index contributed by atoms with van der Waals surface area (Å²) in [6.07, 6.45) is 0. The number of nitrogens with two attached hydrogens (primary N) is 1. The number of rotatable bonds is 8. The second-order valence-electron chi connectivity index (χ2n) is 5.57. The number of nitrogens with one attached hydrogen (secondary N) is 1. The van der Waals surface area contributed by atoms with E-state index in [1.807, 2.05) is 18.2 Å². The lowest BCUT2D eigenvalue weighted by Crippen LogP contribution is -2.35. The van der Waals surface area contributed by atoms with Crippen LogP contribution < -0.4 is 20.5 Å². The highest BCUT2D eigenvalue weighted by molar-refractivity contribution is 5.77. The van der Waals surface area contributed by atoms with Crippen LogP contribution in [-0.2, 0) is 10.2 Å². The van der Waals surface area contributed by atoms with Crippen LogP contribution in [0.25, 0.3) is 0 Å². The van der Waals surface area contributed by atoms with Crippen molar-refractivity contribution in [2.24, 2.45) is 10.7 Å². The van der Waals surface area contributed by atoms with Crippen LogP contribution >= 0.6 is 0 Å². The average molecular weight is 309 g/mol. The smallest absolute Gasteiger partial charge is 0.188 e. The van der Waals surface area contributed by atoms with Crippen LogP contribution in [-0.4, -0.2) is 47.0 Å². The first-order valence-corrected chi connectivity index (χ1v) is 7.20. The van der Waals surface area contributed by atoms with Crippen LogP contribution in [0.4, 0.5) is 0 Å². The molecule has 0 bridgehead atoms. The first-order chi connectivity index (χ1) is 10.4. The lowest BCUT2D eigenvalue weighted by atomic mass is 9.84. The van der Waals surface area contributed by atoms with Crippen molar-refractivity contribution in [3.8, 4) is 11.5 Å². The van der Waals surface area contributed by atoms with Gasteiger partial charge in [0.1, 0.15) is 0 Å². The zero-order valence-corrected chi connectivity index (χ0v) is 14.1. The maximum absolute atomic E-state index is 5.84. The number of methoxy groups -OCH3 is 3. The molecule has 3 N–H and O–H groups in total. The van der Waals surface area contributed by atoms with Crippen molar-refractivity contribution in [1.29, 1.82) is 0 Å². The molecule has 22 heavy (non-hydrogen) atoms. The maximum atomic E-state index is 5.84. The number of nitrogens with zero attached hydrogens (tertiary/aromatic N) is 1. The first-order valence-electron chi connectivity index (χ1n) is 7.20. The molecule has 0 saturated carbocycles. The van der Waals surface area contributed by atoms with E-state index in [2.05, 4.69) is 24.2 Å². The van der Waals surface area contributed by atoms with Crippen molar-refractivity contribution in [2.45, 2.75) is 19.3 Å². The normalized spacial score (nSPS) is 12.1. The van der Waals surface area contributed by atoms with Gasteiger partial charge in [-0.3, -0.25) is 4.99 Å². The van der Waals surface area contributed by atoms with E-state index in [9.17, 15) is 0 Å². The molecule has 0 heterocycles. The number of benzene rings is 1. The molecule has 6 nitrogen and oxygen atoms in total. The Kier molecular flexibility index (Phi) is 6.98. The van der Waals surface area contributed by atoms with E-state index in [0.717, 1.165) is 5.56 Å². The predicted molar refractivity (Wildman–Crippen MR) is 88.9 cm³/mol. The molecule has 0 aliphatic carbocycles. The standard InChI is InChI=1S/C16H27N3O3/c1-16(2,11-19-15(17)18-8-9-20-3)12-6-7-13(21-4)14(10-12)22-5/h6-7,10H,8-9,11H2,1-5H3,(H3,17,18,19). The van der Waals surface area contributed by atoms with Gasteiger partial charge in [0.05, 0.1) is 27.4 Å². The number of guanidine groups is 1. The fraction of sp³-hybridized carbons (Fsp3) is 0.562. The molecule has 0 fully saturated rings. The van der Waals surface area contributed by atoms with Gasteiger partial charge in [-0.05, 0) is 17.7 Å². The molecule has 0 aromatic heterocycles. The summed E-state index contributed by atoms with van der Waals surface area (Å²) in [7, 11) is 4.90. The van der Waals surface area contributed by atoms with Crippen LogP contribution in [0, 0.1) is 0 Å². The Morgan fingerprint density at radius 3 is 2.45 bits per heavy atom. The zero-order valence-electron chi connectivity index (χ0n) is 14.1. The largest absolute Gasteiger partial charge is 0.493 e. The lowest BCUT2D eigenvalue weighted by molar-refractivity contribution is 0.204.